The van der Waals surface area contributed by atoms with Crippen LogP contribution in [0.2, 0.25) is 5.02 Å². The Morgan fingerprint density at radius 2 is 2.27 bits per heavy atom. The third-order valence-corrected chi connectivity index (χ3v) is 2.14. The monoisotopic (exact) mass is 230 g/mol. The molecule has 2 nitrogen and oxygen atoms in total. The van der Waals surface area contributed by atoms with Crippen molar-refractivity contribution in [2.45, 2.75) is 13.3 Å². The van der Waals surface area contributed by atoms with Gasteiger partial charge in [-0.25, -0.2) is 4.39 Å². The van der Waals surface area contributed by atoms with E-state index in [1.165, 1.54) is 12.1 Å². The molecule has 82 valence electrons. The lowest BCUT2D eigenvalue weighted by molar-refractivity contribution is 0.0761. The summed E-state index contributed by atoms with van der Waals surface area (Å²) in [5.74, 6) is -0.772. The average Bonchev–Trinajstić information content (AvgIpc) is 2.22. The third-order valence-electron chi connectivity index (χ3n) is 1.81. The van der Waals surface area contributed by atoms with Crippen LogP contribution < -0.4 is 0 Å². The van der Waals surface area contributed by atoms with Crippen molar-refractivity contribution in [3.8, 4) is 0 Å². The highest BCUT2D eigenvalue weighted by Crippen LogP contribution is 2.17. The van der Waals surface area contributed by atoms with E-state index in [9.17, 15) is 9.18 Å². The number of hydrogen-bond donors (Lipinski definition) is 0. The third kappa shape index (κ3) is 3.61. The van der Waals surface area contributed by atoms with E-state index >= 15 is 0 Å². The molecule has 0 aliphatic carbocycles. The van der Waals surface area contributed by atoms with Gasteiger partial charge in [0.15, 0.2) is 5.78 Å². The van der Waals surface area contributed by atoms with Crippen molar-refractivity contribution in [3.05, 3.63) is 34.6 Å². The van der Waals surface area contributed by atoms with Gasteiger partial charge in [-0.05, 0) is 24.6 Å². The van der Waals surface area contributed by atoms with E-state index in [2.05, 4.69) is 0 Å². The second-order valence-electron chi connectivity index (χ2n) is 3.10. The number of carbonyl (C=O) groups is 1. The van der Waals surface area contributed by atoms with Crippen molar-refractivity contribution in [3.63, 3.8) is 0 Å². The van der Waals surface area contributed by atoms with Crippen molar-refractivity contribution < 1.29 is 13.9 Å². The second kappa shape index (κ2) is 5.83. The molecule has 0 N–H and O–H groups in total. The van der Waals surface area contributed by atoms with Gasteiger partial charge in [-0.2, -0.15) is 0 Å². The number of Topliss-reactive ketones (excluding diaryl/α,β-unsaturated/α-hetero) is 1. The fourth-order valence-electron chi connectivity index (χ4n) is 1.10. The van der Waals surface area contributed by atoms with E-state index in [4.69, 9.17) is 16.3 Å². The van der Waals surface area contributed by atoms with Gasteiger partial charge < -0.3 is 4.74 Å². The topological polar surface area (TPSA) is 26.3 Å². The van der Waals surface area contributed by atoms with E-state index in [1.807, 2.05) is 6.92 Å². The Bertz CT molecular complexity index is 352. The minimum Gasteiger partial charge on any atom is -0.373 e. The van der Waals surface area contributed by atoms with Gasteiger partial charge in [-0.15, -0.1) is 0 Å². The molecule has 0 heterocycles. The van der Waals surface area contributed by atoms with Crippen LogP contribution in [-0.4, -0.2) is 19.0 Å². The van der Waals surface area contributed by atoms with E-state index in [0.29, 0.717) is 6.61 Å². The van der Waals surface area contributed by atoms with Gasteiger partial charge in [0.25, 0.3) is 0 Å². The summed E-state index contributed by atoms with van der Waals surface area (Å²) in [7, 11) is 0. The first-order valence-electron chi connectivity index (χ1n) is 4.71. The van der Waals surface area contributed by atoms with Crippen molar-refractivity contribution in [1.29, 1.82) is 0 Å². The minimum atomic E-state index is -0.474. The smallest absolute Gasteiger partial charge is 0.190 e. The number of hydrogen-bond acceptors (Lipinski definition) is 2. The Kier molecular flexibility index (Phi) is 4.72. The maximum Gasteiger partial charge on any atom is 0.190 e. The van der Waals surface area contributed by atoms with Gasteiger partial charge in [0.05, 0.1) is 5.02 Å². The molecule has 0 saturated carbocycles. The number of rotatable bonds is 5. The predicted octanol–water partition coefficient (Wildman–Crippen LogP) is 3.09. The lowest BCUT2D eigenvalue weighted by Crippen LogP contribution is -2.10. The molecule has 0 aliphatic heterocycles. The van der Waals surface area contributed by atoms with E-state index < -0.39 is 5.82 Å². The first kappa shape index (κ1) is 12.1. The first-order valence-corrected chi connectivity index (χ1v) is 5.09. The van der Waals surface area contributed by atoms with Gasteiger partial charge in [-0.3, -0.25) is 4.79 Å². The zero-order valence-electron chi connectivity index (χ0n) is 8.43. The molecule has 0 spiro atoms. The highest BCUT2D eigenvalue weighted by Gasteiger charge is 2.11. The van der Waals surface area contributed by atoms with E-state index in [0.717, 1.165) is 12.5 Å². The van der Waals surface area contributed by atoms with Crippen LogP contribution in [0.25, 0.3) is 0 Å². The van der Waals surface area contributed by atoms with Crippen molar-refractivity contribution in [1.82, 2.24) is 0 Å². The maximum absolute atomic E-state index is 12.8. The van der Waals surface area contributed by atoms with Crippen LogP contribution in [0.5, 0.6) is 0 Å². The fraction of sp³-hybridized carbons (Fsp3) is 0.364. The number of halogens is 2. The summed E-state index contributed by atoms with van der Waals surface area (Å²) in [5, 5.41) is 0.251. The second-order valence-corrected chi connectivity index (χ2v) is 3.51. The van der Waals surface area contributed by atoms with E-state index in [1.54, 1.807) is 0 Å². The Hall–Kier alpha value is -0.930. The molecule has 0 amide bonds. The fourth-order valence-corrected chi connectivity index (χ4v) is 1.32. The summed E-state index contributed by atoms with van der Waals surface area (Å²) in [6, 6.07) is 3.70. The first-order chi connectivity index (χ1) is 7.15. The minimum absolute atomic E-state index is 0.0585. The molecule has 0 aromatic heterocycles. The zero-order valence-corrected chi connectivity index (χ0v) is 9.18. The Labute approximate surface area is 93.0 Å². The molecule has 0 radical (unpaired) electrons. The van der Waals surface area contributed by atoms with Gasteiger partial charge in [0.2, 0.25) is 0 Å². The Morgan fingerprint density at radius 3 is 2.93 bits per heavy atom. The molecule has 4 heteroatoms. The molecular formula is C11H12ClFO2. The molecule has 0 unspecified atom stereocenters. The van der Waals surface area contributed by atoms with Gasteiger partial charge in [0, 0.05) is 12.2 Å². The van der Waals surface area contributed by atoms with Crippen LogP contribution in [0.3, 0.4) is 0 Å². The van der Waals surface area contributed by atoms with Crippen LogP contribution in [0.15, 0.2) is 18.2 Å². The average molecular weight is 231 g/mol. The number of benzene rings is 1. The zero-order chi connectivity index (χ0) is 11.3. The normalized spacial score (nSPS) is 10.3. The number of ether oxygens (including phenoxy) is 1. The maximum atomic E-state index is 12.8. The van der Waals surface area contributed by atoms with Gasteiger partial charge in [-0.1, -0.05) is 18.5 Å². The van der Waals surface area contributed by atoms with Gasteiger partial charge in [0.1, 0.15) is 12.4 Å². The SMILES string of the molecule is CCCOCC(=O)c1cc(F)ccc1Cl. The largest absolute Gasteiger partial charge is 0.373 e. The summed E-state index contributed by atoms with van der Waals surface area (Å²) < 4.78 is 17.9. The molecule has 0 saturated heterocycles. The van der Waals surface area contributed by atoms with Crippen LogP contribution >= 0.6 is 11.6 Å². The van der Waals surface area contributed by atoms with Crippen molar-refractivity contribution in [2.24, 2.45) is 0 Å². The molecular weight excluding hydrogens is 219 g/mol. The highest BCUT2D eigenvalue weighted by molar-refractivity contribution is 6.34. The Morgan fingerprint density at radius 1 is 1.53 bits per heavy atom. The van der Waals surface area contributed by atoms with Crippen molar-refractivity contribution >= 4 is 17.4 Å². The molecule has 0 aliphatic rings. The predicted molar refractivity (Wildman–Crippen MR) is 56.9 cm³/mol. The Balaban J connectivity index is 2.68. The lowest BCUT2D eigenvalue weighted by atomic mass is 10.1. The molecule has 1 rings (SSSR count). The van der Waals surface area contributed by atoms with Crippen molar-refractivity contribution in [2.75, 3.05) is 13.2 Å². The van der Waals surface area contributed by atoms with Crippen LogP contribution in [0.4, 0.5) is 4.39 Å². The van der Waals surface area contributed by atoms with Crippen LogP contribution in [-0.2, 0) is 4.74 Å². The lowest BCUT2D eigenvalue weighted by Gasteiger charge is -2.04. The van der Waals surface area contributed by atoms with Crippen LogP contribution in [0.1, 0.15) is 23.7 Å². The molecule has 0 fully saturated rings. The highest BCUT2D eigenvalue weighted by atomic mass is 35.5. The molecule has 0 bridgehead atoms. The number of ketones is 1. The quantitative estimate of drug-likeness (QED) is 0.574. The summed E-state index contributed by atoms with van der Waals surface area (Å²) in [6.07, 6.45) is 0.837. The summed E-state index contributed by atoms with van der Waals surface area (Å²) in [5.41, 5.74) is 0.174. The van der Waals surface area contributed by atoms with Crippen LogP contribution in [0, 0.1) is 5.82 Å². The molecule has 15 heavy (non-hydrogen) atoms. The summed E-state index contributed by atoms with van der Waals surface area (Å²) in [6.45, 7) is 2.40. The van der Waals surface area contributed by atoms with E-state index in [-0.39, 0.29) is 23.0 Å². The standard InChI is InChI=1S/C11H12ClFO2/c1-2-5-15-7-11(14)9-6-8(13)3-4-10(9)12/h3-4,6H,2,5,7H2,1H3. The summed E-state index contributed by atoms with van der Waals surface area (Å²) >= 11 is 5.76. The van der Waals surface area contributed by atoms with Gasteiger partial charge >= 0.3 is 0 Å². The molecule has 1 aromatic carbocycles. The molecule has 1 aromatic rings. The molecule has 0 atom stereocenters. The summed E-state index contributed by atoms with van der Waals surface area (Å²) in [4.78, 5) is 11.5. The number of carbonyl (C=O) groups excluding carboxylic acids is 1.